The van der Waals surface area contributed by atoms with Gasteiger partial charge >= 0.3 is 0 Å². The van der Waals surface area contributed by atoms with Gasteiger partial charge in [-0.15, -0.1) is 0 Å². The lowest BCUT2D eigenvalue weighted by atomic mass is 10.2. The summed E-state index contributed by atoms with van der Waals surface area (Å²) in [6, 6.07) is 8.23. The van der Waals surface area contributed by atoms with Crippen molar-refractivity contribution in [2.75, 3.05) is 5.73 Å². The molecule has 92 valence electrons. The number of nitrogen functional groups attached to an aromatic ring is 1. The molecule has 0 radical (unpaired) electrons. The van der Waals surface area contributed by atoms with Crippen LogP contribution in [0.2, 0.25) is 0 Å². The minimum atomic E-state index is -0.478. The highest BCUT2D eigenvalue weighted by Crippen LogP contribution is 2.26. The van der Waals surface area contributed by atoms with Gasteiger partial charge < -0.3 is 10.5 Å². The Labute approximate surface area is 104 Å². The maximum absolute atomic E-state index is 13.3. The molecular formula is C14H13FN2O. The first kappa shape index (κ1) is 11.0. The molecule has 1 aromatic carbocycles. The van der Waals surface area contributed by atoms with E-state index in [1.54, 1.807) is 6.07 Å². The van der Waals surface area contributed by atoms with Crippen LogP contribution in [0.25, 0.3) is 0 Å². The molecule has 0 unspecified atom stereocenters. The zero-order chi connectivity index (χ0) is 12.5. The summed E-state index contributed by atoms with van der Waals surface area (Å²) in [5, 5.41) is 0. The van der Waals surface area contributed by atoms with Crippen molar-refractivity contribution >= 4 is 5.69 Å². The van der Waals surface area contributed by atoms with E-state index in [0.29, 0.717) is 11.6 Å². The van der Waals surface area contributed by atoms with Gasteiger partial charge in [-0.1, -0.05) is 6.07 Å². The fraction of sp³-hybridized carbons (Fsp3) is 0.214. The van der Waals surface area contributed by atoms with Crippen molar-refractivity contribution in [2.24, 2.45) is 0 Å². The molecule has 1 aromatic heterocycles. The largest absolute Gasteiger partial charge is 0.439 e. The SMILES string of the molecule is Nc1ccc(Oc2ccc3c(n2)CCC3)cc1F. The summed E-state index contributed by atoms with van der Waals surface area (Å²) in [6.45, 7) is 0. The molecule has 0 saturated heterocycles. The summed E-state index contributed by atoms with van der Waals surface area (Å²) in [5.74, 6) is 0.431. The lowest BCUT2D eigenvalue weighted by Gasteiger charge is -2.07. The summed E-state index contributed by atoms with van der Waals surface area (Å²) in [5.41, 5.74) is 7.89. The van der Waals surface area contributed by atoms with Crippen molar-refractivity contribution in [3.8, 4) is 11.6 Å². The lowest BCUT2D eigenvalue weighted by molar-refractivity contribution is 0.456. The molecule has 0 saturated carbocycles. The molecule has 0 fully saturated rings. The standard InChI is InChI=1S/C14H13FN2O/c15-11-8-10(5-6-12(11)16)18-14-7-4-9-2-1-3-13(9)17-14/h4-8H,1-3,16H2. The molecule has 1 aliphatic rings. The highest BCUT2D eigenvalue weighted by Gasteiger charge is 2.13. The molecule has 0 amide bonds. The summed E-state index contributed by atoms with van der Waals surface area (Å²) in [6.07, 6.45) is 3.21. The molecule has 3 rings (SSSR count). The molecule has 4 heteroatoms. The first-order valence-corrected chi connectivity index (χ1v) is 5.94. The van der Waals surface area contributed by atoms with E-state index in [9.17, 15) is 4.39 Å². The Morgan fingerprint density at radius 2 is 2.06 bits per heavy atom. The van der Waals surface area contributed by atoms with E-state index < -0.39 is 5.82 Å². The van der Waals surface area contributed by atoms with Crippen LogP contribution in [0.3, 0.4) is 0 Å². The van der Waals surface area contributed by atoms with Crippen molar-refractivity contribution in [3.63, 3.8) is 0 Å². The molecule has 0 aliphatic heterocycles. The lowest BCUT2D eigenvalue weighted by Crippen LogP contribution is -1.95. The van der Waals surface area contributed by atoms with Crippen LogP contribution in [0.1, 0.15) is 17.7 Å². The van der Waals surface area contributed by atoms with E-state index in [4.69, 9.17) is 10.5 Å². The van der Waals surface area contributed by atoms with E-state index in [0.717, 1.165) is 25.0 Å². The Bertz CT molecular complexity index is 598. The molecule has 2 aromatic rings. The summed E-state index contributed by atoms with van der Waals surface area (Å²) >= 11 is 0. The highest BCUT2D eigenvalue weighted by molar-refractivity contribution is 5.44. The predicted octanol–water partition coefficient (Wildman–Crippen LogP) is 3.08. The molecule has 0 atom stereocenters. The van der Waals surface area contributed by atoms with Crippen LogP contribution in [-0.4, -0.2) is 4.98 Å². The quantitative estimate of drug-likeness (QED) is 0.826. The molecule has 2 N–H and O–H groups in total. The number of nitrogens with two attached hydrogens (primary N) is 1. The van der Waals surface area contributed by atoms with Crippen molar-refractivity contribution in [1.82, 2.24) is 4.98 Å². The number of nitrogens with zero attached hydrogens (tertiary/aromatic N) is 1. The Hall–Kier alpha value is -2.10. The van der Waals surface area contributed by atoms with Crippen LogP contribution >= 0.6 is 0 Å². The topological polar surface area (TPSA) is 48.1 Å². The second kappa shape index (κ2) is 4.29. The summed E-state index contributed by atoms with van der Waals surface area (Å²) < 4.78 is 18.8. The Balaban J connectivity index is 1.85. The highest BCUT2D eigenvalue weighted by atomic mass is 19.1. The maximum Gasteiger partial charge on any atom is 0.219 e. The number of fused-ring (bicyclic) bond motifs is 1. The van der Waals surface area contributed by atoms with Crippen LogP contribution in [0, 0.1) is 5.82 Å². The molecule has 1 aliphatic carbocycles. The molecule has 0 bridgehead atoms. The van der Waals surface area contributed by atoms with Gasteiger partial charge in [0.15, 0.2) is 0 Å². The van der Waals surface area contributed by atoms with Gasteiger partial charge in [-0.05, 0) is 37.0 Å². The first-order valence-electron chi connectivity index (χ1n) is 5.94. The zero-order valence-electron chi connectivity index (χ0n) is 9.82. The Morgan fingerprint density at radius 3 is 2.89 bits per heavy atom. The number of anilines is 1. The van der Waals surface area contributed by atoms with Crippen LogP contribution in [0.4, 0.5) is 10.1 Å². The zero-order valence-corrected chi connectivity index (χ0v) is 9.82. The van der Waals surface area contributed by atoms with Gasteiger partial charge in [-0.3, -0.25) is 0 Å². The van der Waals surface area contributed by atoms with Gasteiger partial charge in [0.1, 0.15) is 11.6 Å². The molecule has 0 spiro atoms. The molecule has 3 nitrogen and oxygen atoms in total. The average molecular weight is 244 g/mol. The van der Waals surface area contributed by atoms with Crippen LogP contribution in [0.5, 0.6) is 11.6 Å². The number of aromatic nitrogens is 1. The Morgan fingerprint density at radius 1 is 1.17 bits per heavy atom. The van der Waals surface area contributed by atoms with Gasteiger partial charge in [-0.25, -0.2) is 9.37 Å². The number of hydrogen-bond acceptors (Lipinski definition) is 3. The molecule has 1 heterocycles. The van der Waals surface area contributed by atoms with E-state index in [1.165, 1.54) is 17.7 Å². The monoisotopic (exact) mass is 244 g/mol. The van der Waals surface area contributed by atoms with Gasteiger partial charge in [0.25, 0.3) is 0 Å². The molecular weight excluding hydrogens is 231 g/mol. The Kier molecular flexibility index (Phi) is 2.63. The van der Waals surface area contributed by atoms with E-state index >= 15 is 0 Å². The first-order chi connectivity index (χ1) is 8.72. The smallest absolute Gasteiger partial charge is 0.219 e. The second-order valence-electron chi connectivity index (χ2n) is 4.39. The normalized spacial score (nSPS) is 13.4. The minimum Gasteiger partial charge on any atom is -0.439 e. The van der Waals surface area contributed by atoms with Crippen molar-refractivity contribution in [3.05, 3.63) is 47.4 Å². The van der Waals surface area contributed by atoms with Crippen LogP contribution in [-0.2, 0) is 12.8 Å². The third kappa shape index (κ3) is 2.01. The number of ether oxygens (including phenoxy) is 1. The van der Waals surface area contributed by atoms with Crippen LogP contribution in [0.15, 0.2) is 30.3 Å². The number of hydrogen-bond donors (Lipinski definition) is 1. The fourth-order valence-corrected chi connectivity index (χ4v) is 2.15. The number of pyridine rings is 1. The maximum atomic E-state index is 13.3. The third-order valence-electron chi connectivity index (χ3n) is 3.10. The van der Waals surface area contributed by atoms with E-state index in [-0.39, 0.29) is 5.69 Å². The van der Waals surface area contributed by atoms with E-state index in [2.05, 4.69) is 4.98 Å². The average Bonchev–Trinajstić information content (AvgIpc) is 2.81. The van der Waals surface area contributed by atoms with Crippen molar-refractivity contribution in [1.29, 1.82) is 0 Å². The summed E-state index contributed by atoms with van der Waals surface area (Å²) in [4.78, 5) is 4.42. The number of aryl methyl sites for hydroxylation is 2. The summed E-state index contributed by atoms with van der Waals surface area (Å²) in [7, 11) is 0. The van der Waals surface area contributed by atoms with Gasteiger partial charge in [-0.2, -0.15) is 0 Å². The van der Waals surface area contributed by atoms with Crippen LogP contribution < -0.4 is 10.5 Å². The van der Waals surface area contributed by atoms with E-state index in [1.807, 2.05) is 12.1 Å². The minimum absolute atomic E-state index is 0.115. The van der Waals surface area contributed by atoms with Crippen molar-refractivity contribution in [2.45, 2.75) is 19.3 Å². The van der Waals surface area contributed by atoms with Gasteiger partial charge in [0.05, 0.1) is 5.69 Å². The second-order valence-corrected chi connectivity index (χ2v) is 4.39. The van der Waals surface area contributed by atoms with Crippen molar-refractivity contribution < 1.29 is 9.13 Å². The predicted molar refractivity (Wildman–Crippen MR) is 67.1 cm³/mol. The number of rotatable bonds is 2. The number of halogens is 1. The number of benzene rings is 1. The van der Waals surface area contributed by atoms with Gasteiger partial charge in [0, 0.05) is 17.8 Å². The molecule has 18 heavy (non-hydrogen) atoms. The van der Waals surface area contributed by atoms with Gasteiger partial charge in [0.2, 0.25) is 5.88 Å². The fourth-order valence-electron chi connectivity index (χ4n) is 2.15. The third-order valence-corrected chi connectivity index (χ3v) is 3.10.